The van der Waals surface area contributed by atoms with E-state index >= 15 is 0 Å². The quantitative estimate of drug-likeness (QED) is 0.763. The molecule has 0 saturated heterocycles. The summed E-state index contributed by atoms with van der Waals surface area (Å²) >= 11 is 3.34. The monoisotopic (exact) mass is 350 g/mol. The molecule has 0 aromatic heterocycles. The van der Waals surface area contributed by atoms with E-state index in [1.54, 1.807) is 24.3 Å². The number of ketones is 1. The Morgan fingerprint density at radius 1 is 1.15 bits per heavy atom. The highest BCUT2D eigenvalue weighted by Gasteiger charge is 2.12. The van der Waals surface area contributed by atoms with E-state index in [2.05, 4.69) is 22.9 Å². The molecule has 1 atom stereocenters. The van der Waals surface area contributed by atoms with Crippen molar-refractivity contribution in [3.8, 4) is 0 Å². The Hall–Kier alpha value is -1.26. The number of benzene rings is 2. The van der Waals surface area contributed by atoms with Gasteiger partial charge in [0.15, 0.2) is 5.78 Å². The summed E-state index contributed by atoms with van der Waals surface area (Å²) in [7, 11) is -1.31. The van der Waals surface area contributed by atoms with Gasteiger partial charge in [-0.15, -0.1) is 0 Å². The van der Waals surface area contributed by atoms with Crippen molar-refractivity contribution in [2.45, 2.75) is 18.2 Å². The fourth-order valence-corrected chi connectivity index (χ4v) is 3.43. The minimum absolute atomic E-state index is 0.0158. The van der Waals surface area contributed by atoms with Crippen LogP contribution >= 0.6 is 15.9 Å². The van der Waals surface area contributed by atoms with E-state index in [0.29, 0.717) is 10.5 Å². The molecule has 1 unspecified atom stereocenters. The summed E-state index contributed by atoms with van der Waals surface area (Å²) in [6.45, 7) is 2.07. The van der Waals surface area contributed by atoms with Crippen LogP contribution < -0.4 is 0 Å². The van der Waals surface area contributed by atoms with Gasteiger partial charge in [0.05, 0.1) is 16.6 Å². The van der Waals surface area contributed by atoms with Crippen molar-refractivity contribution in [1.82, 2.24) is 0 Å². The minimum atomic E-state index is -1.31. The molecule has 2 nitrogen and oxygen atoms in total. The van der Waals surface area contributed by atoms with Gasteiger partial charge in [-0.1, -0.05) is 53.2 Å². The molecule has 0 amide bonds. The summed E-state index contributed by atoms with van der Waals surface area (Å²) in [5, 5.41) is 0. The van der Waals surface area contributed by atoms with Crippen molar-refractivity contribution in [3.63, 3.8) is 0 Å². The van der Waals surface area contributed by atoms with Crippen molar-refractivity contribution >= 4 is 32.5 Å². The Morgan fingerprint density at radius 3 is 2.45 bits per heavy atom. The molecule has 0 bridgehead atoms. The number of aryl methyl sites for hydroxylation is 1. The molecular formula is C16H15BrO2S. The van der Waals surface area contributed by atoms with Gasteiger partial charge in [-0.2, -0.15) is 0 Å². The number of rotatable bonds is 5. The fourth-order valence-electron chi connectivity index (χ4n) is 1.82. The van der Waals surface area contributed by atoms with Crippen LogP contribution in [-0.4, -0.2) is 15.7 Å². The predicted molar refractivity (Wildman–Crippen MR) is 85.6 cm³/mol. The third kappa shape index (κ3) is 3.87. The lowest BCUT2D eigenvalue weighted by Crippen LogP contribution is -2.11. The molecule has 2 rings (SSSR count). The fraction of sp³-hybridized carbons (Fsp3) is 0.188. The van der Waals surface area contributed by atoms with Crippen LogP contribution in [0.3, 0.4) is 0 Å². The summed E-state index contributed by atoms with van der Waals surface area (Å²) in [6.07, 6.45) is 0.943. The highest BCUT2D eigenvalue weighted by Crippen LogP contribution is 2.16. The highest BCUT2D eigenvalue weighted by atomic mass is 79.9. The Balaban J connectivity index is 2.08. The number of Topliss-reactive ketones (excluding diaryl/α,β-unsaturated/α-hetero) is 1. The molecule has 0 spiro atoms. The van der Waals surface area contributed by atoms with Crippen LogP contribution in [0.2, 0.25) is 0 Å². The van der Waals surface area contributed by atoms with Gasteiger partial charge in [0, 0.05) is 14.9 Å². The van der Waals surface area contributed by atoms with E-state index in [9.17, 15) is 9.00 Å². The number of hydrogen-bond acceptors (Lipinski definition) is 2. The van der Waals surface area contributed by atoms with Gasteiger partial charge >= 0.3 is 0 Å². The van der Waals surface area contributed by atoms with Gasteiger partial charge in [-0.05, 0) is 30.2 Å². The maximum atomic E-state index is 12.2. The van der Waals surface area contributed by atoms with Crippen LogP contribution in [0.25, 0.3) is 0 Å². The molecule has 0 radical (unpaired) electrons. The lowest BCUT2D eigenvalue weighted by atomic mass is 10.1. The Morgan fingerprint density at radius 2 is 1.85 bits per heavy atom. The topological polar surface area (TPSA) is 34.1 Å². The Kier molecular flexibility index (Phi) is 5.26. The summed E-state index contributed by atoms with van der Waals surface area (Å²) in [4.78, 5) is 12.8. The molecule has 0 aliphatic carbocycles. The van der Waals surface area contributed by atoms with Crippen LogP contribution in [0.15, 0.2) is 57.9 Å². The highest BCUT2D eigenvalue weighted by molar-refractivity contribution is 9.10. The van der Waals surface area contributed by atoms with Crippen LogP contribution in [0, 0.1) is 0 Å². The summed E-state index contributed by atoms with van der Waals surface area (Å²) in [5.74, 6) is -0.0759. The third-order valence-electron chi connectivity index (χ3n) is 3.01. The van der Waals surface area contributed by atoms with Crippen molar-refractivity contribution < 1.29 is 9.00 Å². The zero-order chi connectivity index (χ0) is 14.5. The van der Waals surface area contributed by atoms with Crippen molar-refractivity contribution in [2.24, 2.45) is 0 Å². The normalized spacial score (nSPS) is 12.1. The maximum absolute atomic E-state index is 12.2. The first-order chi connectivity index (χ1) is 9.60. The molecule has 0 heterocycles. The first-order valence-electron chi connectivity index (χ1n) is 6.36. The maximum Gasteiger partial charge on any atom is 0.175 e. The van der Waals surface area contributed by atoms with Crippen LogP contribution in [-0.2, 0) is 17.2 Å². The Bertz CT molecular complexity index is 635. The molecular weight excluding hydrogens is 336 g/mol. The van der Waals surface area contributed by atoms with Gasteiger partial charge in [0.1, 0.15) is 0 Å². The predicted octanol–water partition coefficient (Wildman–Crippen LogP) is 4.00. The third-order valence-corrected chi connectivity index (χ3v) is 4.80. The first-order valence-corrected chi connectivity index (χ1v) is 8.47. The smallest absolute Gasteiger partial charge is 0.175 e. The van der Waals surface area contributed by atoms with Crippen molar-refractivity contribution in [1.29, 1.82) is 0 Å². The molecule has 0 N–H and O–H groups in total. The van der Waals surface area contributed by atoms with Gasteiger partial charge in [0.2, 0.25) is 0 Å². The summed E-state index contributed by atoms with van der Waals surface area (Å²) in [5.41, 5.74) is 1.81. The Labute approximate surface area is 129 Å². The van der Waals surface area contributed by atoms with Gasteiger partial charge in [-0.3, -0.25) is 9.00 Å². The zero-order valence-corrected chi connectivity index (χ0v) is 13.5. The largest absolute Gasteiger partial charge is 0.293 e. The van der Waals surface area contributed by atoms with E-state index < -0.39 is 10.8 Å². The molecule has 20 heavy (non-hydrogen) atoms. The molecule has 0 aliphatic heterocycles. The van der Waals surface area contributed by atoms with Crippen LogP contribution in [0.4, 0.5) is 0 Å². The molecule has 0 aliphatic rings. The average Bonchev–Trinajstić information content (AvgIpc) is 2.47. The zero-order valence-electron chi connectivity index (χ0n) is 11.1. The lowest BCUT2D eigenvalue weighted by molar-refractivity contribution is 0.102. The van der Waals surface area contributed by atoms with Crippen molar-refractivity contribution in [3.05, 3.63) is 64.1 Å². The second kappa shape index (κ2) is 6.95. The molecule has 0 saturated carbocycles. The lowest BCUT2D eigenvalue weighted by Gasteiger charge is -2.04. The van der Waals surface area contributed by atoms with Gasteiger partial charge in [-0.25, -0.2) is 0 Å². The van der Waals surface area contributed by atoms with Crippen LogP contribution in [0.1, 0.15) is 22.8 Å². The van der Waals surface area contributed by atoms with E-state index in [-0.39, 0.29) is 11.5 Å². The molecule has 0 fully saturated rings. The average molecular weight is 351 g/mol. The van der Waals surface area contributed by atoms with Crippen molar-refractivity contribution in [2.75, 3.05) is 5.75 Å². The minimum Gasteiger partial charge on any atom is -0.293 e. The van der Waals surface area contributed by atoms with E-state index in [1.165, 1.54) is 5.56 Å². The van der Waals surface area contributed by atoms with Gasteiger partial charge in [0.25, 0.3) is 0 Å². The van der Waals surface area contributed by atoms with E-state index in [4.69, 9.17) is 0 Å². The van der Waals surface area contributed by atoms with Gasteiger partial charge < -0.3 is 0 Å². The van der Waals surface area contributed by atoms with E-state index in [1.807, 2.05) is 24.3 Å². The van der Waals surface area contributed by atoms with Crippen LogP contribution in [0.5, 0.6) is 0 Å². The second-order valence-electron chi connectivity index (χ2n) is 4.42. The summed E-state index contributed by atoms with van der Waals surface area (Å²) in [6, 6.07) is 14.7. The van der Waals surface area contributed by atoms with E-state index in [0.717, 1.165) is 10.9 Å². The standard InChI is InChI=1S/C16H15BrO2S/c1-2-12-6-8-13(9-7-12)16(18)11-20(19)15-5-3-4-14(17)10-15/h3-10H,2,11H2,1H3. The molecule has 4 heteroatoms. The number of halogens is 1. The second-order valence-corrected chi connectivity index (χ2v) is 6.79. The summed E-state index contributed by atoms with van der Waals surface area (Å²) < 4.78 is 13.0. The molecule has 2 aromatic rings. The first kappa shape index (κ1) is 15.1. The number of hydrogen-bond donors (Lipinski definition) is 0. The number of carbonyl (C=O) groups excluding carboxylic acids is 1. The molecule has 104 valence electrons. The SMILES string of the molecule is CCc1ccc(C(=O)CS(=O)c2cccc(Br)c2)cc1. The molecule has 2 aromatic carbocycles. The number of carbonyl (C=O) groups is 1.